The topological polar surface area (TPSA) is 12.5 Å². The summed E-state index contributed by atoms with van der Waals surface area (Å²) in [5.74, 6) is 0. The van der Waals surface area contributed by atoms with E-state index >= 15 is 0 Å². The van der Waals surface area contributed by atoms with Gasteiger partial charge in [-0.1, -0.05) is 15.9 Å². The van der Waals surface area contributed by atoms with Gasteiger partial charge in [0.2, 0.25) is 0 Å². The quantitative estimate of drug-likeness (QED) is 0.404. The Hall–Kier alpha value is 0.440. The van der Waals surface area contributed by atoms with E-state index in [0.29, 0.717) is 12.2 Å². The molecule has 1 aliphatic heterocycles. The van der Waals surface area contributed by atoms with E-state index in [1.807, 2.05) is 0 Å². The lowest BCUT2D eigenvalue weighted by atomic mass is 10.4. The fourth-order valence-electron chi connectivity index (χ4n) is 0.392. The highest BCUT2D eigenvalue weighted by atomic mass is 79.9. The molecule has 0 aromatic heterocycles. The minimum absolute atomic E-state index is 0.518. The smallest absolute Gasteiger partial charge is 0.0935 e. The van der Waals surface area contributed by atoms with Crippen LogP contribution in [0, 0.1) is 0 Å². The van der Waals surface area contributed by atoms with Crippen LogP contribution in [0.5, 0.6) is 0 Å². The molecule has 1 saturated heterocycles. The molecule has 1 aliphatic rings. The van der Waals surface area contributed by atoms with Gasteiger partial charge in [-0.2, -0.15) is 0 Å². The summed E-state index contributed by atoms with van der Waals surface area (Å²) in [6.07, 6.45) is 1.04. The Morgan fingerprint density at radius 1 is 1.83 bits per heavy atom. The molecule has 0 N–H and O–H groups in total. The molecule has 1 rings (SSSR count). The molecule has 1 nitrogen and oxygen atoms in total. The minimum Gasteiger partial charge on any atom is -0.369 e. The van der Waals surface area contributed by atoms with Crippen LogP contribution in [0.1, 0.15) is 6.92 Å². The van der Waals surface area contributed by atoms with Crippen LogP contribution >= 0.6 is 15.9 Å². The van der Waals surface area contributed by atoms with Crippen LogP contribution < -0.4 is 0 Å². The number of halogens is 1. The molecule has 2 atom stereocenters. The van der Waals surface area contributed by atoms with E-state index in [2.05, 4.69) is 22.9 Å². The van der Waals surface area contributed by atoms with Crippen molar-refractivity contribution < 1.29 is 4.74 Å². The summed E-state index contributed by atoms with van der Waals surface area (Å²) >= 11 is 3.29. The van der Waals surface area contributed by atoms with Gasteiger partial charge in [0, 0.05) is 5.33 Å². The molecule has 0 spiro atoms. The van der Waals surface area contributed by atoms with Crippen LogP contribution in [0.4, 0.5) is 0 Å². The normalized spacial score (nSPS) is 43.0. The number of epoxide rings is 1. The van der Waals surface area contributed by atoms with E-state index in [1.54, 1.807) is 0 Å². The maximum Gasteiger partial charge on any atom is 0.0935 e. The third-order valence-electron chi connectivity index (χ3n) is 0.988. The second-order valence-electron chi connectivity index (χ2n) is 1.53. The highest BCUT2D eigenvalue weighted by Crippen LogP contribution is 2.21. The van der Waals surface area contributed by atoms with Crippen molar-refractivity contribution in [1.82, 2.24) is 0 Å². The zero-order valence-electron chi connectivity index (χ0n) is 3.65. The van der Waals surface area contributed by atoms with Gasteiger partial charge in [-0.05, 0) is 6.92 Å². The Labute approximate surface area is 45.8 Å². The largest absolute Gasteiger partial charge is 0.369 e. The average molecular weight is 151 g/mol. The van der Waals surface area contributed by atoms with Crippen LogP contribution in [0.2, 0.25) is 0 Å². The number of rotatable bonds is 1. The van der Waals surface area contributed by atoms with Crippen molar-refractivity contribution in [3.63, 3.8) is 0 Å². The van der Waals surface area contributed by atoms with E-state index < -0.39 is 0 Å². The van der Waals surface area contributed by atoms with E-state index in [0.717, 1.165) is 5.33 Å². The van der Waals surface area contributed by atoms with Crippen LogP contribution in [-0.2, 0) is 4.74 Å². The zero-order chi connectivity index (χ0) is 4.57. The molecule has 0 bridgehead atoms. The maximum atomic E-state index is 5.02. The lowest BCUT2D eigenvalue weighted by Crippen LogP contribution is -1.86. The van der Waals surface area contributed by atoms with E-state index in [4.69, 9.17) is 4.74 Å². The average Bonchev–Trinajstić information content (AvgIpc) is 2.19. The Morgan fingerprint density at radius 2 is 2.33 bits per heavy atom. The first kappa shape index (κ1) is 4.60. The monoisotopic (exact) mass is 150 g/mol. The van der Waals surface area contributed by atoms with E-state index in [1.165, 1.54) is 0 Å². The molecular formula is C4H7BrO. The number of hydrogen-bond donors (Lipinski definition) is 0. The van der Waals surface area contributed by atoms with Crippen molar-refractivity contribution in [2.24, 2.45) is 0 Å². The predicted octanol–water partition coefficient (Wildman–Crippen LogP) is 1.17. The van der Waals surface area contributed by atoms with Gasteiger partial charge in [0.05, 0.1) is 12.2 Å². The van der Waals surface area contributed by atoms with Crippen molar-refractivity contribution in [1.29, 1.82) is 0 Å². The molecule has 1 heterocycles. The standard InChI is InChI=1S/C4H7BrO/c1-3-4(2-5)6-3/h3-4H,2H2,1H3/t3-,4-/m1/s1. The van der Waals surface area contributed by atoms with Gasteiger partial charge >= 0.3 is 0 Å². The molecule has 6 heavy (non-hydrogen) atoms. The summed E-state index contributed by atoms with van der Waals surface area (Å²) in [5, 5.41) is 0.994. The molecule has 0 saturated carbocycles. The van der Waals surface area contributed by atoms with Crippen LogP contribution in [0.15, 0.2) is 0 Å². The van der Waals surface area contributed by atoms with Crippen LogP contribution in [0.25, 0.3) is 0 Å². The summed E-state index contributed by atoms with van der Waals surface area (Å²) in [4.78, 5) is 0. The zero-order valence-corrected chi connectivity index (χ0v) is 5.23. The number of hydrogen-bond acceptors (Lipinski definition) is 1. The highest BCUT2D eigenvalue weighted by molar-refractivity contribution is 9.09. The van der Waals surface area contributed by atoms with Crippen LogP contribution in [-0.4, -0.2) is 17.5 Å². The third kappa shape index (κ3) is 0.738. The molecule has 0 amide bonds. The van der Waals surface area contributed by atoms with Gasteiger partial charge in [-0.15, -0.1) is 0 Å². The summed E-state index contributed by atoms with van der Waals surface area (Å²) in [6.45, 7) is 2.08. The molecule has 1 fully saturated rings. The van der Waals surface area contributed by atoms with Gasteiger partial charge in [-0.25, -0.2) is 0 Å². The molecular weight excluding hydrogens is 144 g/mol. The summed E-state index contributed by atoms with van der Waals surface area (Å²) in [5.41, 5.74) is 0. The minimum atomic E-state index is 0.518. The highest BCUT2D eigenvalue weighted by Gasteiger charge is 2.32. The summed E-state index contributed by atoms with van der Waals surface area (Å²) in [6, 6.07) is 0. The molecule has 0 unspecified atom stereocenters. The second kappa shape index (κ2) is 1.51. The molecule has 0 aromatic rings. The molecule has 2 heteroatoms. The predicted molar refractivity (Wildman–Crippen MR) is 28.1 cm³/mol. The Bertz CT molecular complexity index is 53.5. The third-order valence-corrected chi connectivity index (χ3v) is 1.63. The first-order chi connectivity index (χ1) is 2.84. The first-order valence-corrected chi connectivity index (χ1v) is 3.18. The summed E-state index contributed by atoms with van der Waals surface area (Å²) in [7, 11) is 0. The number of ether oxygens (including phenoxy) is 1. The lowest BCUT2D eigenvalue weighted by molar-refractivity contribution is 0.391. The Morgan fingerprint density at radius 3 is 2.33 bits per heavy atom. The second-order valence-corrected chi connectivity index (χ2v) is 2.18. The maximum absolute atomic E-state index is 5.02. The van der Waals surface area contributed by atoms with Crippen LogP contribution in [0.3, 0.4) is 0 Å². The lowest BCUT2D eigenvalue weighted by Gasteiger charge is -1.70. The van der Waals surface area contributed by atoms with Crippen molar-refractivity contribution in [3.8, 4) is 0 Å². The number of alkyl halides is 1. The van der Waals surface area contributed by atoms with Gasteiger partial charge in [0.15, 0.2) is 0 Å². The first-order valence-electron chi connectivity index (χ1n) is 2.06. The van der Waals surface area contributed by atoms with Crippen molar-refractivity contribution >= 4 is 15.9 Å². The molecule has 0 radical (unpaired) electrons. The van der Waals surface area contributed by atoms with Gasteiger partial charge in [-0.3, -0.25) is 0 Å². The van der Waals surface area contributed by atoms with Gasteiger partial charge < -0.3 is 4.74 Å². The Balaban J connectivity index is 2.09. The fourth-order valence-corrected chi connectivity index (χ4v) is 1.07. The SMILES string of the molecule is C[C@H]1O[C@@H]1CBr. The Kier molecular flexibility index (Phi) is 1.15. The van der Waals surface area contributed by atoms with E-state index in [9.17, 15) is 0 Å². The van der Waals surface area contributed by atoms with Gasteiger partial charge in [0.1, 0.15) is 0 Å². The van der Waals surface area contributed by atoms with Gasteiger partial charge in [0.25, 0.3) is 0 Å². The van der Waals surface area contributed by atoms with Crippen molar-refractivity contribution in [2.75, 3.05) is 5.33 Å². The van der Waals surface area contributed by atoms with Crippen molar-refractivity contribution in [2.45, 2.75) is 19.1 Å². The van der Waals surface area contributed by atoms with E-state index in [-0.39, 0.29) is 0 Å². The molecule has 0 aliphatic carbocycles. The molecule has 36 valence electrons. The van der Waals surface area contributed by atoms with Crippen molar-refractivity contribution in [3.05, 3.63) is 0 Å². The molecule has 0 aromatic carbocycles. The fraction of sp³-hybridized carbons (Fsp3) is 1.00. The summed E-state index contributed by atoms with van der Waals surface area (Å²) < 4.78 is 5.02.